The molecule has 2 aromatic rings. The average molecular weight is 315 g/mol. The minimum absolute atomic E-state index is 0.302. The lowest BCUT2D eigenvalue weighted by atomic mass is 10.1. The van der Waals surface area contributed by atoms with Gasteiger partial charge in [0.25, 0.3) is 0 Å². The molecule has 3 N–H and O–H groups in total. The molecular formula is C17H18FN3O2. The predicted octanol–water partition coefficient (Wildman–Crippen LogP) is 2.71. The standard InChI is InChI=1S/C17H18FN3O2/c1-12(22)21(16-8-6-15(19)7-9-16)17(23)20-11-10-13-2-4-14(18)5-3-13/h2-9H,10-11,19H2,1H3,(H,20,23). The van der Waals surface area contributed by atoms with Crippen molar-refractivity contribution in [2.45, 2.75) is 13.3 Å². The monoisotopic (exact) mass is 315 g/mol. The maximum atomic E-state index is 12.8. The Morgan fingerprint density at radius 2 is 1.70 bits per heavy atom. The second-order valence-corrected chi connectivity index (χ2v) is 5.05. The maximum absolute atomic E-state index is 12.8. The molecule has 0 saturated heterocycles. The van der Waals surface area contributed by atoms with E-state index in [9.17, 15) is 14.0 Å². The molecule has 0 aliphatic rings. The van der Waals surface area contributed by atoms with E-state index in [2.05, 4.69) is 5.32 Å². The summed E-state index contributed by atoms with van der Waals surface area (Å²) in [5, 5.41) is 2.68. The largest absolute Gasteiger partial charge is 0.399 e. The van der Waals surface area contributed by atoms with Gasteiger partial charge in [0.15, 0.2) is 0 Å². The third-order valence-corrected chi connectivity index (χ3v) is 3.27. The lowest BCUT2D eigenvalue weighted by molar-refractivity contribution is -0.115. The van der Waals surface area contributed by atoms with E-state index in [4.69, 9.17) is 5.73 Å². The molecular weight excluding hydrogens is 297 g/mol. The molecule has 3 amide bonds. The van der Waals surface area contributed by atoms with Crippen LogP contribution >= 0.6 is 0 Å². The molecule has 6 heteroatoms. The molecule has 0 aliphatic heterocycles. The lowest BCUT2D eigenvalue weighted by Crippen LogP contribution is -2.43. The summed E-state index contributed by atoms with van der Waals surface area (Å²) in [6.45, 7) is 1.65. The van der Waals surface area contributed by atoms with Gasteiger partial charge in [-0.05, 0) is 48.4 Å². The Balaban J connectivity index is 1.97. The summed E-state index contributed by atoms with van der Waals surface area (Å²) in [6, 6.07) is 12.0. The predicted molar refractivity (Wildman–Crippen MR) is 87.5 cm³/mol. The number of hydrogen-bond donors (Lipinski definition) is 2. The normalized spacial score (nSPS) is 10.2. The van der Waals surface area contributed by atoms with E-state index in [0.717, 1.165) is 10.5 Å². The van der Waals surface area contributed by atoms with Crippen LogP contribution in [-0.4, -0.2) is 18.5 Å². The van der Waals surface area contributed by atoms with E-state index in [1.807, 2.05) is 0 Å². The van der Waals surface area contributed by atoms with Gasteiger partial charge in [-0.2, -0.15) is 0 Å². The highest BCUT2D eigenvalue weighted by Crippen LogP contribution is 2.16. The van der Waals surface area contributed by atoms with Crippen LogP contribution in [0.1, 0.15) is 12.5 Å². The van der Waals surface area contributed by atoms with Gasteiger partial charge in [-0.3, -0.25) is 4.79 Å². The number of amides is 3. The molecule has 120 valence electrons. The van der Waals surface area contributed by atoms with Crippen LogP contribution in [-0.2, 0) is 11.2 Å². The summed E-state index contributed by atoms with van der Waals surface area (Å²) in [5.41, 5.74) is 7.50. The molecule has 0 bridgehead atoms. The van der Waals surface area contributed by atoms with Crippen molar-refractivity contribution < 1.29 is 14.0 Å². The highest BCUT2D eigenvalue weighted by molar-refractivity contribution is 6.13. The summed E-state index contributed by atoms with van der Waals surface area (Å²) < 4.78 is 12.8. The molecule has 0 heterocycles. The minimum Gasteiger partial charge on any atom is -0.399 e. The molecule has 0 radical (unpaired) electrons. The van der Waals surface area contributed by atoms with Crippen molar-refractivity contribution in [1.29, 1.82) is 0 Å². The van der Waals surface area contributed by atoms with Crippen molar-refractivity contribution >= 4 is 23.3 Å². The highest BCUT2D eigenvalue weighted by Gasteiger charge is 2.19. The second-order valence-electron chi connectivity index (χ2n) is 5.05. The number of nitrogens with two attached hydrogens (primary N) is 1. The van der Waals surface area contributed by atoms with Crippen molar-refractivity contribution in [1.82, 2.24) is 5.32 Å². The smallest absolute Gasteiger partial charge is 0.328 e. The molecule has 0 fully saturated rings. The number of hydrogen-bond acceptors (Lipinski definition) is 3. The summed E-state index contributed by atoms with van der Waals surface area (Å²) in [6.07, 6.45) is 0.541. The molecule has 5 nitrogen and oxygen atoms in total. The van der Waals surface area contributed by atoms with Gasteiger partial charge in [0, 0.05) is 19.2 Å². The van der Waals surface area contributed by atoms with Crippen LogP contribution in [0.25, 0.3) is 0 Å². The topological polar surface area (TPSA) is 75.4 Å². The molecule has 2 rings (SSSR count). The Morgan fingerprint density at radius 3 is 2.26 bits per heavy atom. The van der Waals surface area contributed by atoms with Gasteiger partial charge < -0.3 is 11.1 Å². The Hall–Kier alpha value is -2.89. The van der Waals surface area contributed by atoms with Crippen LogP contribution in [0.2, 0.25) is 0 Å². The zero-order valence-electron chi connectivity index (χ0n) is 12.8. The maximum Gasteiger partial charge on any atom is 0.328 e. The number of nitrogens with one attached hydrogen (secondary N) is 1. The van der Waals surface area contributed by atoms with Gasteiger partial charge in [-0.25, -0.2) is 14.1 Å². The van der Waals surface area contributed by atoms with Crippen LogP contribution in [0.5, 0.6) is 0 Å². The number of urea groups is 1. The van der Waals surface area contributed by atoms with E-state index in [1.54, 1.807) is 36.4 Å². The molecule has 23 heavy (non-hydrogen) atoms. The number of carbonyl (C=O) groups excluding carboxylic acids is 2. The first-order valence-corrected chi connectivity index (χ1v) is 7.16. The van der Waals surface area contributed by atoms with Crippen molar-refractivity contribution in [2.24, 2.45) is 0 Å². The number of nitrogens with zero attached hydrogens (tertiary/aromatic N) is 1. The number of halogens is 1. The van der Waals surface area contributed by atoms with Crippen LogP contribution in [0.3, 0.4) is 0 Å². The third-order valence-electron chi connectivity index (χ3n) is 3.27. The first kappa shape index (κ1) is 16.5. The van der Waals surface area contributed by atoms with Crippen molar-refractivity contribution in [3.05, 3.63) is 59.9 Å². The Kier molecular flexibility index (Phi) is 5.30. The van der Waals surface area contributed by atoms with Crippen molar-refractivity contribution in [3.63, 3.8) is 0 Å². The second kappa shape index (κ2) is 7.40. The van der Waals surface area contributed by atoms with Gasteiger partial charge in [-0.1, -0.05) is 12.1 Å². The SMILES string of the molecule is CC(=O)N(C(=O)NCCc1ccc(F)cc1)c1ccc(N)cc1. The Morgan fingerprint density at radius 1 is 1.09 bits per heavy atom. The van der Waals surface area contributed by atoms with Crippen LogP contribution in [0, 0.1) is 5.82 Å². The van der Waals surface area contributed by atoms with Crippen molar-refractivity contribution in [2.75, 3.05) is 17.2 Å². The van der Waals surface area contributed by atoms with Crippen molar-refractivity contribution in [3.8, 4) is 0 Å². The van der Waals surface area contributed by atoms with E-state index in [1.165, 1.54) is 19.1 Å². The highest BCUT2D eigenvalue weighted by atomic mass is 19.1. The molecule has 0 atom stereocenters. The number of anilines is 2. The number of rotatable bonds is 4. The van der Waals surface area contributed by atoms with E-state index in [0.29, 0.717) is 24.3 Å². The minimum atomic E-state index is -0.510. The summed E-state index contributed by atoms with van der Waals surface area (Å²) in [7, 11) is 0. The summed E-state index contributed by atoms with van der Waals surface area (Å²) in [4.78, 5) is 25.0. The summed E-state index contributed by atoms with van der Waals surface area (Å²) >= 11 is 0. The summed E-state index contributed by atoms with van der Waals surface area (Å²) in [5.74, 6) is -0.696. The fraction of sp³-hybridized carbons (Fsp3) is 0.176. The molecule has 0 saturated carbocycles. The third kappa shape index (κ3) is 4.54. The zero-order chi connectivity index (χ0) is 16.8. The van der Waals surface area contributed by atoms with Gasteiger partial charge in [0.2, 0.25) is 5.91 Å². The number of imide groups is 1. The molecule has 2 aromatic carbocycles. The van der Waals surface area contributed by atoms with Crippen LogP contribution < -0.4 is 16.0 Å². The quantitative estimate of drug-likeness (QED) is 0.852. The zero-order valence-corrected chi connectivity index (χ0v) is 12.8. The number of carbonyl (C=O) groups is 2. The molecule has 0 aliphatic carbocycles. The average Bonchev–Trinajstić information content (AvgIpc) is 2.51. The Labute approximate surface area is 133 Å². The Bertz CT molecular complexity index is 684. The van der Waals surface area contributed by atoms with E-state index >= 15 is 0 Å². The first-order valence-electron chi connectivity index (χ1n) is 7.16. The first-order chi connectivity index (χ1) is 11.0. The fourth-order valence-electron chi connectivity index (χ4n) is 2.11. The number of nitrogen functional groups attached to an aromatic ring is 1. The van der Waals surface area contributed by atoms with Gasteiger partial charge in [0.1, 0.15) is 5.82 Å². The molecule has 0 unspecified atom stereocenters. The number of benzene rings is 2. The van der Waals surface area contributed by atoms with Crippen LogP contribution in [0.15, 0.2) is 48.5 Å². The van der Waals surface area contributed by atoms with Gasteiger partial charge in [0.05, 0.1) is 5.69 Å². The van der Waals surface area contributed by atoms with E-state index in [-0.39, 0.29) is 5.82 Å². The molecule has 0 spiro atoms. The fourth-order valence-corrected chi connectivity index (χ4v) is 2.11. The van der Waals surface area contributed by atoms with Crippen LogP contribution in [0.4, 0.5) is 20.6 Å². The van der Waals surface area contributed by atoms with Gasteiger partial charge >= 0.3 is 6.03 Å². The van der Waals surface area contributed by atoms with E-state index < -0.39 is 11.9 Å². The lowest BCUT2D eigenvalue weighted by Gasteiger charge is -2.20. The molecule has 0 aromatic heterocycles. The van der Waals surface area contributed by atoms with Gasteiger partial charge in [-0.15, -0.1) is 0 Å².